The van der Waals surface area contributed by atoms with Gasteiger partial charge in [-0.2, -0.15) is 0 Å². The maximum absolute atomic E-state index is 11.7. The van der Waals surface area contributed by atoms with Gasteiger partial charge in [-0.05, 0) is 37.9 Å². The summed E-state index contributed by atoms with van der Waals surface area (Å²) in [6.07, 6.45) is 1.05. The molecule has 1 N–H and O–H groups in total. The molecule has 4 nitrogen and oxygen atoms in total. The van der Waals surface area contributed by atoms with Crippen LogP contribution in [-0.4, -0.2) is 32.3 Å². The van der Waals surface area contributed by atoms with Crippen LogP contribution in [0.15, 0.2) is 24.3 Å². The van der Waals surface area contributed by atoms with E-state index in [0.717, 1.165) is 12.2 Å². The quantitative estimate of drug-likeness (QED) is 0.743. The van der Waals surface area contributed by atoms with E-state index in [9.17, 15) is 4.79 Å². The van der Waals surface area contributed by atoms with Gasteiger partial charge in [-0.1, -0.05) is 32.0 Å². The fourth-order valence-electron chi connectivity index (χ4n) is 1.92. The van der Waals surface area contributed by atoms with Crippen LogP contribution in [0.1, 0.15) is 38.7 Å². The molecule has 20 heavy (non-hydrogen) atoms. The van der Waals surface area contributed by atoms with Crippen LogP contribution in [0.5, 0.6) is 5.75 Å². The fraction of sp³-hybridized carbons (Fsp3) is 0.562. The van der Waals surface area contributed by atoms with Crippen molar-refractivity contribution in [1.82, 2.24) is 5.32 Å². The number of hydrogen-bond donors (Lipinski definition) is 1. The smallest absolute Gasteiger partial charge is 0.326 e. The lowest BCUT2D eigenvalue weighted by Gasteiger charge is -2.19. The van der Waals surface area contributed by atoms with Crippen LogP contribution >= 0.6 is 0 Å². The van der Waals surface area contributed by atoms with Crippen LogP contribution in [0.3, 0.4) is 0 Å². The highest BCUT2D eigenvalue weighted by Gasteiger charge is 2.19. The second-order valence-electron chi connectivity index (χ2n) is 4.75. The fourth-order valence-corrected chi connectivity index (χ4v) is 1.92. The average Bonchev–Trinajstić information content (AvgIpc) is 2.47. The van der Waals surface area contributed by atoms with E-state index in [2.05, 4.69) is 25.2 Å². The van der Waals surface area contributed by atoms with E-state index >= 15 is 0 Å². The minimum atomic E-state index is -0.445. The number of carbonyl (C=O) groups is 1. The molecule has 0 aliphatic carbocycles. The monoisotopic (exact) mass is 279 g/mol. The van der Waals surface area contributed by atoms with E-state index in [4.69, 9.17) is 9.47 Å². The van der Waals surface area contributed by atoms with Crippen molar-refractivity contribution in [2.45, 2.75) is 39.2 Å². The molecule has 4 heteroatoms. The molecule has 1 aromatic rings. The number of carbonyl (C=O) groups excluding carboxylic acids is 1. The van der Waals surface area contributed by atoms with Gasteiger partial charge in [0.05, 0.1) is 6.61 Å². The maximum Gasteiger partial charge on any atom is 0.326 e. The summed E-state index contributed by atoms with van der Waals surface area (Å²) >= 11 is 0. The molecule has 2 atom stereocenters. The van der Waals surface area contributed by atoms with Gasteiger partial charge in [0.2, 0.25) is 0 Å². The summed E-state index contributed by atoms with van der Waals surface area (Å²) < 4.78 is 10.8. The second-order valence-corrected chi connectivity index (χ2v) is 4.75. The minimum Gasteiger partial charge on any atom is -0.491 e. The van der Waals surface area contributed by atoms with Gasteiger partial charge in [-0.15, -0.1) is 0 Å². The third-order valence-electron chi connectivity index (χ3n) is 3.39. The first-order valence-electron chi connectivity index (χ1n) is 7.19. The number of esters is 1. The second kappa shape index (κ2) is 8.59. The highest BCUT2D eigenvalue weighted by molar-refractivity contribution is 5.75. The molecule has 1 aromatic carbocycles. The number of ether oxygens (including phenoxy) is 2. The predicted octanol–water partition coefficient (Wildman–Crippen LogP) is 2.73. The Bertz CT molecular complexity index is 420. The Balaban J connectivity index is 2.71. The molecule has 0 spiro atoms. The molecule has 0 aliphatic rings. The summed E-state index contributed by atoms with van der Waals surface area (Å²) in [5.74, 6) is 0.990. The first-order chi connectivity index (χ1) is 9.63. The number of rotatable bonds is 8. The molecule has 0 saturated carbocycles. The lowest BCUT2D eigenvalue weighted by atomic mass is 9.98. The van der Waals surface area contributed by atoms with Crippen molar-refractivity contribution >= 4 is 5.97 Å². The molecule has 0 amide bonds. The third kappa shape index (κ3) is 4.53. The summed E-state index contributed by atoms with van der Waals surface area (Å²) in [7, 11) is 1.73. The first kappa shape index (κ1) is 16.5. The van der Waals surface area contributed by atoms with E-state index in [1.165, 1.54) is 5.56 Å². The molecule has 0 aliphatic heterocycles. The molecule has 0 bridgehead atoms. The molecule has 0 fully saturated rings. The molecular formula is C16H25NO3. The Kier molecular flexibility index (Phi) is 7.09. The van der Waals surface area contributed by atoms with Gasteiger partial charge in [0.1, 0.15) is 18.4 Å². The number of nitrogens with one attached hydrogen (secondary N) is 1. The molecule has 0 radical (unpaired) electrons. The van der Waals surface area contributed by atoms with Gasteiger partial charge < -0.3 is 14.8 Å². The molecule has 0 aromatic heterocycles. The normalized spacial score (nSPS) is 13.6. The number of benzene rings is 1. The summed E-state index contributed by atoms with van der Waals surface area (Å²) in [6, 6.07) is 7.52. The number of hydrogen-bond acceptors (Lipinski definition) is 4. The van der Waals surface area contributed by atoms with Gasteiger partial charge in [-0.25, -0.2) is 0 Å². The van der Waals surface area contributed by atoms with Crippen LogP contribution in [0, 0.1) is 0 Å². The van der Waals surface area contributed by atoms with Crippen molar-refractivity contribution in [2.75, 3.05) is 20.3 Å². The standard InChI is InChI=1S/C16H25NO3/c1-5-12(3)13-9-7-8-10-15(13)20-11-14(17-4)16(18)19-6-2/h7-10,12,14,17H,5-6,11H2,1-4H3. The van der Waals surface area contributed by atoms with Crippen molar-refractivity contribution in [3.63, 3.8) is 0 Å². The summed E-state index contributed by atoms with van der Waals surface area (Å²) in [6.45, 7) is 6.76. The van der Waals surface area contributed by atoms with Crippen LogP contribution in [0.4, 0.5) is 0 Å². The topological polar surface area (TPSA) is 47.6 Å². The largest absolute Gasteiger partial charge is 0.491 e. The zero-order valence-electron chi connectivity index (χ0n) is 12.8. The Hall–Kier alpha value is -1.55. The third-order valence-corrected chi connectivity index (χ3v) is 3.39. The maximum atomic E-state index is 11.7. The zero-order valence-corrected chi connectivity index (χ0v) is 12.8. The van der Waals surface area contributed by atoms with E-state index in [1.54, 1.807) is 14.0 Å². The van der Waals surface area contributed by atoms with Crippen molar-refractivity contribution in [3.8, 4) is 5.75 Å². The summed E-state index contributed by atoms with van der Waals surface area (Å²) in [5, 5.41) is 2.92. The summed E-state index contributed by atoms with van der Waals surface area (Å²) in [5.41, 5.74) is 1.17. The Morgan fingerprint density at radius 3 is 2.60 bits per heavy atom. The highest BCUT2D eigenvalue weighted by atomic mass is 16.5. The predicted molar refractivity (Wildman–Crippen MR) is 80.1 cm³/mol. The van der Waals surface area contributed by atoms with Crippen LogP contribution in [0.2, 0.25) is 0 Å². The van der Waals surface area contributed by atoms with Crippen molar-refractivity contribution in [1.29, 1.82) is 0 Å². The lowest BCUT2D eigenvalue weighted by molar-refractivity contribution is -0.146. The molecule has 1 rings (SSSR count). The van der Waals surface area contributed by atoms with Gasteiger partial charge in [-0.3, -0.25) is 4.79 Å². The number of para-hydroxylation sites is 1. The van der Waals surface area contributed by atoms with Gasteiger partial charge >= 0.3 is 5.97 Å². The molecule has 0 saturated heterocycles. The van der Waals surface area contributed by atoms with Gasteiger partial charge in [0, 0.05) is 0 Å². The van der Waals surface area contributed by atoms with Crippen molar-refractivity contribution in [3.05, 3.63) is 29.8 Å². The molecule has 112 valence electrons. The molecule has 0 heterocycles. The Morgan fingerprint density at radius 1 is 1.30 bits per heavy atom. The number of likely N-dealkylation sites (N-methyl/N-ethyl adjacent to an activating group) is 1. The highest BCUT2D eigenvalue weighted by Crippen LogP contribution is 2.28. The van der Waals surface area contributed by atoms with Gasteiger partial charge in [0.25, 0.3) is 0 Å². The van der Waals surface area contributed by atoms with Crippen molar-refractivity contribution < 1.29 is 14.3 Å². The Labute approximate surface area is 121 Å². The van der Waals surface area contributed by atoms with Crippen LogP contribution in [-0.2, 0) is 9.53 Å². The van der Waals surface area contributed by atoms with Gasteiger partial charge in [0.15, 0.2) is 0 Å². The SMILES string of the molecule is CCOC(=O)C(COc1ccccc1C(C)CC)NC. The first-order valence-corrected chi connectivity index (χ1v) is 7.19. The van der Waals surface area contributed by atoms with Crippen LogP contribution < -0.4 is 10.1 Å². The lowest BCUT2D eigenvalue weighted by Crippen LogP contribution is -2.40. The molecular weight excluding hydrogens is 254 g/mol. The average molecular weight is 279 g/mol. The van der Waals surface area contributed by atoms with Crippen LogP contribution in [0.25, 0.3) is 0 Å². The van der Waals surface area contributed by atoms with E-state index in [1.807, 2.05) is 18.2 Å². The zero-order chi connectivity index (χ0) is 15.0. The van der Waals surface area contributed by atoms with Crippen molar-refractivity contribution in [2.24, 2.45) is 0 Å². The summed E-state index contributed by atoms with van der Waals surface area (Å²) in [4.78, 5) is 11.7. The molecule has 2 unspecified atom stereocenters. The van der Waals surface area contributed by atoms with E-state index in [-0.39, 0.29) is 12.6 Å². The Morgan fingerprint density at radius 2 is 2.00 bits per heavy atom. The van der Waals surface area contributed by atoms with E-state index in [0.29, 0.717) is 12.5 Å². The minimum absolute atomic E-state index is 0.267. The van der Waals surface area contributed by atoms with E-state index < -0.39 is 6.04 Å².